The molecule has 0 spiro atoms. The Morgan fingerprint density at radius 1 is 1.26 bits per heavy atom. The van der Waals surface area contributed by atoms with E-state index in [2.05, 4.69) is 26.6 Å². The standard InChI is InChI=1S/C20H23BrN2O2S2/c1-3-25-19(24)17-14-7-5-4-6-8-16(14)27-18(17)23-20(26)22-13-9-10-15(21)12(2)11-13/h9-11H,3-8H2,1-2H3,(H2,22,23,26). The minimum Gasteiger partial charge on any atom is -0.462 e. The van der Waals surface area contributed by atoms with Crippen LogP contribution in [0.2, 0.25) is 0 Å². The summed E-state index contributed by atoms with van der Waals surface area (Å²) in [5, 5.41) is 7.69. The van der Waals surface area contributed by atoms with Gasteiger partial charge in [-0.2, -0.15) is 0 Å². The number of aryl methyl sites for hydroxylation is 2. The van der Waals surface area contributed by atoms with Crippen molar-refractivity contribution in [3.05, 3.63) is 44.2 Å². The van der Waals surface area contributed by atoms with Gasteiger partial charge in [0.15, 0.2) is 5.11 Å². The summed E-state index contributed by atoms with van der Waals surface area (Å²) in [5.74, 6) is -0.262. The van der Waals surface area contributed by atoms with E-state index in [4.69, 9.17) is 17.0 Å². The maximum absolute atomic E-state index is 12.6. The molecule has 0 bridgehead atoms. The molecule has 1 heterocycles. The van der Waals surface area contributed by atoms with Crippen LogP contribution in [-0.2, 0) is 17.6 Å². The average Bonchev–Trinajstić information content (AvgIpc) is 2.79. The lowest BCUT2D eigenvalue weighted by Crippen LogP contribution is -2.20. The number of halogens is 1. The number of nitrogens with one attached hydrogen (secondary N) is 2. The van der Waals surface area contributed by atoms with Crippen LogP contribution in [0.3, 0.4) is 0 Å². The van der Waals surface area contributed by atoms with E-state index < -0.39 is 0 Å². The molecule has 1 aromatic carbocycles. The molecule has 0 fully saturated rings. The van der Waals surface area contributed by atoms with Gasteiger partial charge in [0.2, 0.25) is 0 Å². The summed E-state index contributed by atoms with van der Waals surface area (Å²) in [6, 6.07) is 5.96. The number of fused-ring (bicyclic) bond motifs is 1. The zero-order chi connectivity index (χ0) is 19.4. The van der Waals surface area contributed by atoms with E-state index >= 15 is 0 Å². The Morgan fingerprint density at radius 3 is 2.78 bits per heavy atom. The third kappa shape index (κ3) is 4.89. The molecule has 2 N–H and O–H groups in total. The van der Waals surface area contributed by atoms with Crippen LogP contribution >= 0.6 is 39.5 Å². The fourth-order valence-electron chi connectivity index (χ4n) is 3.24. The van der Waals surface area contributed by atoms with E-state index in [9.17, 15) is 4.79 Å². The number of rotatable bonds is 4. The summed E-state index contributed by atoms with van der Waals surface area (Å²) >= 11 is 10.6. The van der Waals surface area contributed by atoms with Crippen molar-refractivity contribution in [3.63, 3.8) is 0 Å². The summed E-state index contributed by atoms with van der Waals surface area (Å²) < 4.78 is 6.38. The molecular weight excluding hydrogens is 444 g/mol. The molecule has 0 saturated heterocycles. The number of carbonyl (C=O) groups is 1. The second-order valence-electron chi connectivity index (χ2n) is 6.53. The molecule has 0 atom stereocenters. The zero-order valence-corrected chi connectivity index (χ0v) is 18.7. The predicted octanol–water partition coefficient (Wildman–Crippen LogP) is 6.07. The number of thiophene rings is 1. The van der Waals surface area contributed by atoms with Crippen LogP contribution in [0.25, 0.3) is 0 Å². The number of benzene rings is 1. The number of hydrogen-bond acceptors (Lipinski definition) is 4. The molecule has 4 nitrogen and oxygen atoms in total. The monoisotopic (exact) mass is 466 g/mol. The maximum atomic E-state index is 12.6. The van der Waals surface area contributed by atoms with Crippen molar-refractivity contribution in [2.24, 2.45) is 0 Å². The normalized spacial score (nSPS) is 13.4. The molecule has 0 aliphatic heterocycles. The molecule has 0 radical (unpaired) electrons. The van der Waals surface area contributed by atoms with E-state index in [0.717, 1.165) is 52.0 Å². The van der Waals surface area contributed by atoms with Gasteiger partial charge in [-0.15, -0.1) is 11.3 Å². The second-order valence-corrected chi connectivity index (χ2v) is 8.90. The van der Waals surface area contributed by atoms with E-state index in [0.29, 0.717) is 17.3 Å². The average molecular weight is 467 g/mol. The van der Waals surface area contributed by atoms with Gasteiger partial charge in [0, 0.05) is 15.0 Å². The van der Waals surface area contributed by atoms with Gasteiger partial charge in [-0.05, 0) is 81.1 Å². The Morgan fingerprint density at radius 2 is 2.04 bits per heavy atom. The van der Waals surface area contributed by atoms with Crippen LogP contribution in [-0.4, -0.2) is 17.7 Å². The quantitative estimate of drug-likeness (QED) is 0.325. The first-order valence-electron chi connectivity index (χ1n) is 9.15. The van der Waals surface area contributed by atoms with Gasteiger partial charge in [0.25, 0.3) is 0 Å². The molecule has 3 rings (SSSR count). The van der Waals surface area contributed by atoms with Gasteiger partial charge in [-0.25, -0.2) is 4.79 Å². The molecule has 1 aromatic heterocycles. The number of ether oxygens (including phenoxy) is 1. The van der Waals surface area contributed by atoms with Gasteiger partial charge in [0.1, 0.15) is 5.00 Å². The summed E-state index contributed by atoms with van der Waals surface area (Å²) in [7, 11) is 0. The third-order valence-corrected chi connectivity index (χ3v) is 6.84. The lowest BCUT2D eigenvalue weighted by atomic mass is 10.1. The molecule has 0 unspecified atom stereocenters. The van der Waals surface area contributed by atoms with Gasteiger partial charge >= 0.3 is 5.97 Å². The minimum absolute atomic E-state index is 0.262. The van der Waals surface area contributed by atoms with Gasteiger partial charge in [-0.1, -0.05) is 22.4 Å². The van der Waals surface area contributed by atoms with Crippen LogP contribution in [0.15, 0.2) is 22.7 Å². The van der Waals surface area contributed by atoms with E-state index in [-0.39, 0.29) is 5.97 Å². The second kappa shape index (κ2) is 9.17. The van der Waals surface area contributed by atoms with E-state index in [1.54, 1.807) is 11.3 Å². The van der Waals surface area contributed by atoms with Crippen molar-refractivity contribution < 1.29 is 9.53 Å². The first kappa shape index (κ1) is 20.3. The van der Waals surface area contributed by atoms with Crippen LogP contribution in [0.1, 0.15) is 52.5 Å². The summed E-state index contributed by atoms with van der Waals surface area (Å²) in [5.41, 5.74) is 3.83. The lowest BCUT2D eigenvalue weighted by molar-refractivity contribution is 0.0527. The SMILES string of the molecule is CCOC(=O)c1c(NC(=S)Nc2ccc(Br)c(C)c2)sc2c1CCCCC2. The molecule has 144 valence electrons. The van der Waals surface area contributed by atoms with Gasteiger partial charge in [0.05, 0.1) is 12.2 Å². The smallest absolute Gasteiger partial charge is 0.341 e. The highest BCUT2D eigenvalue weighted by Gasteiger charge is 2.26. The Labute approximate surface area is 177 Å². The molecule has 1 aliphatic rings. The number of esters is 1. The molecule has 0 amide bonds. The number of thiocarbonyl (C=S) groups is 1. The van der Waals surface area contributed by atoms with Crippen LogP contribution < -0.4 is 10.6 Å². The van der Waals surface area contributed by atoms with Crippen LogP contribution in [0.4, 0.5) is 10.7 Å². The van der Waals surface area contributed by atoms with Crippen LogP contribution in [0.5, 0.6) is 0 Å². The van der Waals surface area contributed by atoms with Crippen molar-refractivity contribution in [3.8, 4) is 0 Å². The number of hydrogen-bond donors (Lipinski definition) is 2. The van der Waals surface area contributed by atoms with E-state index in [1.807, 2.05) is 32.0 Å². The number of carbonyl (C=O) groups excluding carboxylic acids is 1. The van der Waals surface area contributed by atoms with Crippen molar-refractivity contribution >= 4 is 61.3 Å². The topological polar surface area (TPSA) is 50.4 Å². The number of anilines is 2. The highest BCUT2D eigenvalue weighted by atomic mass is 79.9. The first-order valence-corrected chi connectivity index (χ1v) is 11.2. The van der Waals surface area contributed by atoms with Crippen molar-refractivity contribution in [2.75, 3.05) is 17.2 Å². The Hall–Kier alpha value is -1.44. The third-order valence-electron chi connectivity index (χ3n) is 4.54. The predicted molar refractivity (Wildman–Crippen MR) is 120 cm³/mol. The largest absolute Gasteiger partial charge is 0.462 e. The molecular formula is C20H23BrN2O2S2. The highest BCUT2D eigenvalue weighted by molar-refractivity contribution is 9.10. The van der Waals surface area contributed by atoms with Crippen molar-refractivity contribution in [2.45, 2.75) is 46.0 Å². The Bertz CT molecular complexity index is 864. The fraction of sp³-hybridized carbons (Fsp3) is 0.400. The fourth-order valence-corrected chi connectivity index (χ4v) is 5.05. The van der Waals surface area contributed by atoms with Gasteiger partial charge in [-0.3, -0.25) is 0 Å². The van der Waals surface area contributed by atoms with Crippen molar-refractivity contribution in [1.82, 2.24) is 0 Å². The summed E-state index contributed by atoms with van der Waals surface area (Å²) in [4.78, 5) is 13.9. The highest BCUT2D eigenvalue weighted by Crippen LogP contribution is 2.38. The Kier molecular flexibility index (Phi) is 6.89. The molecule has 7 heteroatoms. The molecule has 2 aromatic rings. The maximum Gasteiger partial charge on any atom is 0.341 e. The minimum atomic E-state index is -0.262. The molecule has 27 heavy (non-hydrogen) atoms. The molecule has 1 aliphatic carbocycles. The van der Waals surface area contributed by atoms with Crippen molar-refractivity contribution in [1.29, 1.82) is 0 Å². The summed E-state index contributed by atoms with van der Waals surface area (Å²) in [6.45, 7) is 4.22. The first-order chi connectivity index (χ1) is 13.0. The van der Waals surface area contributed by atoms with Crippen LogP contribution in [0, 0.1) is 6.92 Å². The Balaban J connectivity index is 1.83. The zero-order valence-electron chi connectivity index (χ0n) is 15.5. The lowest BCUT2D eigenvalue weighted by Gasteiger charge is -2.12. The summed E-state index contributed by atoms with van der Waals surface area (Å²) in [6.07, 6.45) is 5.41. The van der Waals surface area contributed by atoms with Gasteiger partial charge < -0.3 is 15.4 Å². The molecule has 0 saturated carbocycles. The van der Waals surface area contributed by atoms with E-state index in [1.165, 1.54) is 11.3 Å².